The number of carbonyl (C=O) groups excluding carboxylic acids is 3. The number of carbonyl (C=O) groups is 3. The van der Waals surface area contributed by atoms with E-state index in [4.69, 9.17) is 0 Å². The van der Waals surface area contributed by atoms with Gasteiger partial charge in [-0.2, -0.15) is 0 Å². The number of nitrogens with zero attached hydrogens (tertiary/aromatic N) is 1. The van der Waals surface area contributed by atoms with Gasteiger partial charge in [-0.1, -0.05) is 60.7 Å². The molecule has 2 aromatic rings. The number of benzene rings is 2. The lowest BCUT2D eigenvalue weighted by Crippen LogP contribution is -2.40. The molecule has 3 amide bonds. The van der Waals surface area contributed by atoms with Crippen LogP contribution in [0, 0.1) is 5.92 Å². The van der Waals surface area contributed by atoms with Crippen molar-refractivity contribution in [3.63, 3.8) is 0 Å². The van der Waals surface area contributed by atoms with Crippen LogP contribution in [0.5, 0.6) is 0 Å². The van der Waals surface area contributed by atoms with Gasteiger partial charge in [-0.25, -0.2) is 0 Å². The van der Waals surface area contributed by atoms with Crippen molar-refractivity contribution >= 4 is 17.7 Å². The van der Waals surface area contributed by atoms with Crippen LogP contribution in [0.1, 0.15) is 17.5 Å². The Morgan fingerprint density at radius 1 is 0.960 bits per heavy atom. The zero-order valence-corrected chi connectivity index (χ0v) is 13.9. The van der Waals surface area contributed by atoms with Crippen LogP contribution < -0.4 is 5.32 Å². The predicted octanol–water partition coefficient (Wildman–Crippen LogP) is 1.92. The second-order valence-corrected chi connectivity index (χ2v) is 6.17. The molecule has 0 spiro atoms. The molecule has 0 aliphatic carbocycles. The van der Waals surface area contributed by atoms with Crippen molar-refractivity contribution in [2.75, 3.05) is 6.54 Å². The summed E-state index contributed by atoms with van der Waals surface area (Å²) >= 11 is 0. The van der Waals surface area contributed by atoms with Crippen molar-refractivity contribution in [2.45, 2.75) is 19.4 Å². The number of hydrogen-bond acceptors (Lipinski definition) is 3. The zero-order valence-electron chi connectivity index (χ0n) is 13.9. The number of amides is 3. The van der Waals surface area contributed by atoms with Gasteiger partial charge in [0.2, 0.25) is 17.7 Å². The summed E-state index contributed by atoms with van der Waals surface area (Å²) in [5.41, 5.74) is 1.99. The van der Waals surface area contributed by atoms with Gasteiger partial charge in [0, 0.05) is 13.0 Å². The molecule has 128 valence electrons. The van der Waals surface area contributed by atoms with E-state index in [1.54, 1.807) is 0 Å². The van der Waals surface area contributed by atoms with Crippen LogP contribution in [0.25, 0.3) is 0 Å². The van der Waals surface area contributed by atoms with Crippen molar-refractivity contribution in [2.24, 2.45) is 5.92 Å². The molecular formula is C20H20N2O3. The van der Waals surface area contributed by atoms with Crippen LogP contribution in [0.3, 0.4) is 0 Å². The number of nitrogens with one attached hydrogen (secondary N) is 1. The minimum Gasteiger partial charge on any atom is -0.350 e. The first-order chi connectivity index (χ1) is 12.1. The van der Waals surface area contributed by atoms with Crippen LogP contribution in [0.4, 0.5) is 0 Å². The van der Waals surface area contributed by atoms with E-state index in [1.807, 2.05) is 60.7 Å². The Labute approximate surface area is 146 Å². The lowest BCUT2D eigenvalue weighted by molar-refractivity contribution is -0.143. The summed E-state index contributed by atoms with van der Waals surface area (Å²) in [6.07, 6.45) is 0.688. The van der Waals surface area contributed by atoms with Gasteiger partial charge in [-0.3, -0.25) is 19.3 Å². The summed E-state index contributed by atoms with van der Waals surface area (Å²) in [4.78, 5) is 37.7. The van der Waals surface area contributed by atoms with Gasteiger partial charge in [0.15, 0.2) is 0 Å². The lowest BCUT2D eigenvalue weighted by atomic mass is 9.98. The number of imide groups is 1. The van der Waals surface area contributed by atoms with Crippen molar-refractivity contribution < 1.29 is 14.4 Å². The van der Waals surface area contributed by atoms with Crippen molar-refractivity contribution in [1.82, 2.24) is 10.2 Å². The zero-order chi connectivity index (χ0) is 17.6. The monoisotopic (exact) mass is 336 g/mol. The van der Waals surface area contributed by atoms with Crippen molar-refractivity contribution in [3.8, 4) is 0 Å². The van der Waals surface area contributed by atoms with Crippen molar-refractivity contribution in [1.29, 1.82) is 0 Å². The van der Waals surface area contributed by atoms with E-state index in [0.717, 1.165) is 16.0 Å². The van der Waals surface area contributed by atoms with Gasteiger partial charge in [-0.05, 0) is 17.5 Å². The van der Waals surface area contributed by atoms with E-state index in [2.05, 4.69) is 5.32 Å². The average molecular weight is 336 g/mol. The van der Waals surface area contributed by atoms with E-state index in [-0.39, 0.29) is 36.6 Å². The molecule has 1 saturated heterocycles. The lowest BCUT2D eigenvalue weighted by Gasteiger charge is -2.15. The Balaban J connectivity index is 1.54. The van der Waals surface area contributed by atoms with Crippen LogP contribution in [-0.4, -0.2) is 29.2 Å². The highest BCUT2D eigenvalue weighted by atomic mass is 16.2. The van der Waals surface area contributed by atoms with Gasteiger partial charge in [0.1, 0.15) is 6.54 Å². The molecular weight excluding hydrogens is 316 g/mol. The van der Waals surface area contributed by atoms with Crippen LogP contribution in [0.15, 0.2) is 60.7 Å². The van der Waals surface area contributed by atoms with Gasteiger partial charge < -0.3 is 5.32 Å². The fraction of sp³-hybridized carbons (Fsp3) is 0.250. The summed E-state index contributed by atoms with van der Waals surface area (Å²) in [5.74, 6) is -1.24. The van der Waals surface area contributed by atoms with Gasteiger partial charge in [0.25, 0.3) is 0 Å². The Morgan fingerprint density at radius 3 is 2.20 bits per heavy atom. The SMILES string of the molecule is O=C(CN1C(=O)C[C@H](Cc2ccccc2)C1=O)NCc1ccccc1. The quantitative estimate of drug-likeness (QED) is 0.820. The van der Waals surface area contributed by atoms with Crippen LogP contribution in [-0.2, 0) is 27.3 Å². The summed E-state index contributed by atoms with van der Waals surface area (Å²) in [5, 5.41) is 2.75. The Morgan fingerprint density at radius 2 is 1.56 bits per heavy atom. The van der Waals surface area contributed by atoms with Gasteiger partial charge in [0.05, 0.1) is 5.92 Å². The first kappa shape index (κ1) is 16.9. The van der Waals surface area contributed by atoms with E-state index >= 15 is 0 Å². The van der Waals surface area contributed by atoms with Gasteiger partial charge in [-0.15, -0.1) is 0 Å². The molecule has 1 atom stereocenters. The Bertz CT molecular complexity index is 759. The second kappa shape index (κ2) is 7.75. The van der Waals surface area contributed by atoms with E-state index in [1.165, 1.54) is 0 Å². The molecule has 1 fully saturated rings. The highest BCUT2D eigenvalue weighted by molar-refractivity contribution is 6.06. The standard InChI is InChI=1S/C20H20N2O3/c23-18(21-13-16-9-5-2-6-10-16)14-22-19(24)12-17(20(22)25)11-15-7-3-1-4-8-15/h1-10,17H,11-14H2,(H,21,23)/t17-/m0/s1. The number of hydrogen-bond donors (Lipinski definition) is 1. The molecule has 5 heteroatoms. The largest absolute Gasteiger partial charge is 0.350 e. The normalized spacial score (nSPS) is 17.0. The molecule has 1 aliphatic rings. The van der Waals surface area contributed by atoms with E-state index in [0.29, 0.717) is 13.0 Å². The molecule has 1 aliphatic heterocycles. The third-order valence-corrected chi connectivity index (χ3v) is 4.30. The second-order valence-electron chi connectivity index (χ2n) is 6.17. The van der Waals surface area contributed by atoms with Crippen molar-refractivity contribution in [3.05, 3.63) is 71.8 Å². The summed E-state index contributed by atoms with van der Waals surface area (Å²) < 4.78 is 0. The van der Waals surface area contributed by atoms with E-state index < -0.39 is 0 Å². The molecule has 0 bridgehead atoms. The molecule has 1 heterocycles. The average Bonchev–Trinajstić information content (AvgIpc) is 2.89. The smallest absolute Gasteiger partial charge is 0.240 e. The third kappa shape index (κ3) is 4.32. The number of rotatable bonds is 6. The summed E-state index contributed by atoms with van der Waals surface area (Å²) in [6.45, 7) is 0.166. The molecule has 0 radical (unpaired) electrons. The maximum absolute atomic E-state index is 12.5. The topological polar surface area (TPSA) is 66.5 Å². The maximum atomic E-state index is 12.5. The fourth-order valence-electron chi connectivity index (χ4n) is 2.97. The molecule has 2 aromatic carbocycles. The molecule has 5 nitrogen and oxygen atoms in total. The Kier molecular flexibility index (Phi) is 5.23. The fourth-order valence-corrected chi connectivity index (χ4v) is 2.97. The van der Waals surface area contributed by atoms with E-state index in [9.17, 15) is 14.4 Å². The van der Waals surface area contributed by atoms with Crippen LogP contribution >= 0.6 is 0 Å². The molecule has 1 N–H and O–H groups in total. The minimum atomic E-state index is -0.378. The molecule has 0 aromatic heterocycles. The maximum Gasteiger partial charge on any atom is 0.240 e. The minimum absolute atomic E-state index is 0.166. The predicted molar refractivity (Wildman–Crippen MR) is 93.3 cm³/mol. The summed E-state index contributed by atoms with van der Waals surface area (Å²) in [6, 6.07) is 19.1. The number of likely N-dealkylation sites (tertiary alicyclic amines) is 1. The highest BCUT2D eigenvalue weighted by Crippen LogP contribution is 2.23. The molecule has 0 saturated carbocycles. The first-order valence-electron chi connectivity index (χ1n) is 8.32. The highest BCUT2D eigenvalue weighted by Gasteiger charge is 2.39. The third-order valence-electron chi connectivity index (χ3n) is 4.30. The Hall–Kier alpha value is -2.95. The molecule has 0 unspecified atom stereocenters. The summed E-state index contributed by atoms with van der Waals surface area (Å²) in [7, 11) is 0. The first-order valence-corrected chi connectivity index (χ1v) is 8.32. The molecule has 25 heavy (non-hydrogen) atoms. The molecule has 3 rings (SSSR count). The van der Waals surface area contributed by atoms with Crippen LogP contribution in [0.2, 0.25) is 0 Å². The van der Waals surface area contributed by atoms with Gasteiger partial charge >= 0.3 is 0 Å².